The summed E-state index contributed by atoms with van der Waals surface area (Å²) < 4.78 is 0. The minimum atomic E-state index is 0.917. The van der Waals surface area contributed by atoms with Crippen LogP contribution >= 0.6 is 0 Å². The van der Waals surface area contributed by atoms with Crippen molar-refractivity contribution in [3.05, 3.63) is 0 Å². The van der Waals surface area contributed by atoms with Gasteiger partial charge in [0.1, 0.15) is 0 Å². The van der Waals surface area contributed by atoms with Crippen LogP contribution in [0.3, 0.4) is 0 Å². The summed E-state index contributed by atoms with van der Waals surface area (Å²) in [6.07, 6.45) is 3.97. The summed E-state index contributed by atoms with van der Waals surface area (Å²) in [7, 11) is 0. The maximum absolute atomic E-state index is 5.71. The van der Waals surface area contributed by atoms with E-state index in [1.54, 1.807) is 0 Å². The third kappa shape index (κ3) is 1.94. The van der Waals surface area contributed by atoms with E-state index in [1.807, 2.05) is 5.12 Å². The Morgan fingerprint density at radius 2 is 1.90 bits per heavy atom. The van der Waals surface area contributed by atoms with Crippen LogP contribution in [0.4, 0.5) is 0 Å². The van der Waals surface area contributed by atoms with Crippen LogP contribution in [0.1, 0.15) is 26.2 Å². The third-order valence-corrected chi connectivity index (χ3v) is 2.02. The average molecular weight is 143 g/mol. The highest BCUT2D eigenvalue weighted by molar-refractivity contribution is 4.59. The molecular weight excluding hydrogens is 126 g/mol. The first kappa shape index (κ1) is 7.98. The quantitative estimate of drug-likeness (QED) is 0.453. The van der Waals surface area contributed by atoms with Gasteiger partial charge in [-0.05, 0) is 19.8 Å². The highest BCUT2D eigenvalue weighted by Crippen LogP contribution is 2.08. The van der Waals surface area contributed by atoms with Crippen molar-refractivity contribution in [3.8, 4) is 0 Å². The van der Waals surface area contributed by atoms with Crippen LogP contribution in [-0.4, -0.2) is 29.8 Å². The van der Waals surface area contributed by atoms with Crippen LogP contribution in [0.25, 0.3) is 0 Å². The smallest absolute Gasteiger partial charge is 0.0259 e. The summed E-state index contributed by atoms with van der Waals surface area (Å²) in [6, 6.07) is 0. The average Bonchev–Trinajstić information content (AvgIpc) is 2.05. The maximum Gasteiger partial charge on any atom is 0.0259 e. The monoisotopic (exact) mass is 143 g/mol. The van der Waals surface area contributed by atoms with Gasteiger partial charge in [-0.1, -0.05) is 6.42 Å². The Kier molecular flexibility index (Phi) is 3.12. The van der Waals surface area contributed by atoms with Crippen molar-refractivity contribution in [1.82, 2.24) is 10.1 Å². The molecule has 0 aliphatic carbocycles. The highest BCUT2D eigenvalue weighted by Gasteiger charge is 2.12. The molecule has 1 rings (SSSR count). The molecule has 1 aliphatic heterocycles. The van der Waals surface area contributed by atoms with E-state index in [0.29, 0.717) is 0 Å². The van der Waals surface area contributed by atoms with E-state index in [1.165, 1.54) is 19.3 Å². The van der Waals surface area contributed by atoms with Crippen LogP contribution < -0.4 is 5.84 Å². The Bertz CT molecular complexity index is 88.9. The predicted molar refractivity (Wildman–Crippen MR) is 42.0 cm³/mol. The molecule has 0 spiro atoms. The number of nitrogens with two attached hydrogens (primary N) is 1. The van der Waals surface area contributed by atoms with Gasteiger partial charge in [-0.15, -0.1) is 0 Å². The molecule has 3 nitrogen and oxygen atoms in total. The number of hydrogen-bond donors (Lipinski definition) is 1. The van der Waals surface area contributed by atoms with Crippen molar-refractivity contribution in [3.63, 3.8) is 0 Å². The first-order valence-corrected chi connectivity index (χ1v) is 4.11. The van der Waals surface area contributed by atoms with E-state index in [9.17, 15) is 0 Å². The Labute approximate surface area is 62.7 Å². The van der Waals surface area contributed by atoms with E-state index in [0.717, 1.165) is 19.6 Å². The molecule has 0 aromatic heterocycles. The molecule has 0 saturated carbocycles. The standard InChI is InChI=1S/C7H17N3/c1-2-10(8)9-6-4-3-5-7-9/h2-8H2,1H3. The molecule has 0 radical (unpaired) electrons. The van der Waals surface area contributed by atoms with Crippen LogP contribution in [0, 0.1) is 0 Å². The maximum atomic E-state index is 5.71. The zero-order valence-corrected chi connectivity index (χ0v) is 6.71. The fraction of sp³-hybridized carbons (Fsp3) is 1.00. The van der Waals surface area contributed by atoms with Gasteiger partial charge in [-0.25, -0.2) is 5.01 Å². The first-order valence-electron chi connectivity index (χ1n) is 4.11. The van der Waals surface area contributed by atoms with Gasteiger partial charge >= 0.3 is 0 Å². The number of piperidine rings is 1. The second-order valence-corrected chi connectivity index (χ2v) is 2.77. The number of rotatable bonds is 2. The van der Waals surface area contributed by atoms with Crippen LogP contribution in [0.5, 0.6) is 0 Å². The number of hydrazine groups is 2. The molecule has 1 fully saturated rings. The Morgan fingerprint density at radius 1 is 1.30 bits per heavy atom. The Balaban J connectivity index is 2.24. The molecule has 3 heteroatoms. The van der Waals surface area contributed by atoms with Crippen LogP contribution in [0.15, 0.2) is 0 Å². The molecule has 0 atom stereocenters. The molecule has 10 heavy (non-hydrogen) atoms. The van der Waals surface area contributed by atoms with Gasteiger partial charge in [0.25, 0.3) is 0 Å². The Hall–Kier alpha value is -0.120. The van der Waals surface area contributed by atoms with Crippen molar-refractivity contribution in [2.45, 2.75) is 26.2 Å². The lowest BCUT2D eigenvalue weighted by Gasteiger charge is -2.33. The molecular formula is C7H17N3. The van der Waals surface area contributed by atoms with E-state index in [2.05, 4.69) is 11.9 Å². The summed E-state index contributed by atoms with van der Waals surface area (Å²) in [5.74, 6) is 5.71. The summed E-state index contributed by atoms with van der Waals surface area (Å²) in [5, 5.41) is 4.04. The van der Waals surface area contributed by atoms with Crippen molar-refractivity contribution in [2.24, 2.45) is 5.84 Å². The second-order valence-electron chi connectivity index (χ2n) is 2.77. The van der Waals surface area contributed by atoms with E-state index in [4.69, 9.17) is 5.84 Å². The van der Waals surface area contributed by atoms with Gasteiger partial charge < -0.3 is 0 Å². The zero-order chi connectivity index (χ0) is 7.40. The summed E-state index contributed by atoms with van der Waals surface area (Å²) in [5.41, 5.74) is 0. The predicted octanol–water partition coefficient (Wildman–Crippen LogP) is 0.583. The summed E-state index contributed by atoms with van der Waals surface area (Å²) in [4.78, 5) is 0. The lowest BCUT2D eigenvalue weighted by atomic mass is 10.2. The van der Waals surface area contributed by atoms with Crippen molar-refractivity contribution < 1.29 is 0 Å². The molecule has 1 aliphatic rings. The van der Waals surface area contributed by atoms with Crippen LogP contribution in [-0.2, 0) is 0 Å². The zero-order valence-electron chi connectivity index (χ0n) is 6.71. The Morgan fingerprint density at radius 3 is 2.40 bits per heavy atom. The molecule has 60 valence electrons. The normalized spacial score (nSPS) is 21.9. The topological polar surface area (TPSA) is 32.5 Å². The SMILES string of the molecule is CCN(N)N1CCCCC1. The minimum Gasteiger partial charge on any atom is -0.255 e. The highest BCUT2D eigenvalue weighted by atomic mass is 15.7. The van der Waals surface area contributed by atoms with Gasteiger partial charge in [-0.3, -0.25) is 5.84 Å². The van der Waals surface area contributed by atoms with E-state index in [-0.39, 0.29) is 0 Å². The third-order valence-electron chi connectivity index (χ3n) is 2.02. The van der Waals surface area contributed by atoms with E-state index >= 15 is 0 Å². The molecule has 0 aromatic rings. The molecule has 1 saturated heterocycles. The molecule has 0 bridgehead atoms. The molecule has 0 amide bonds. The van der Waals surface area contributed by atoms with Gasteiger partial charge in [-0.2, -0.15) is 5.12 Å². The van der Waals surface area contributed by atoms with Gasteiger partial charge in [0.05, 0.1) is 0 Å². The lowest BCUT2D eigenvalue weighted by Crippen LogP contribution is -2.49. The van der Waals surface area contributed by atoms with E-state index < -0.39 is 0 Å². The van der Waals surface area contributed by atoms with Crippen LogP contribution in [0.2, 0.25) is 0 Å². The molecule has 2 N–H and O–H groups in total. The fourth-order valence-corrected chi connectivity index (χ4v) is 1.33. The van der Waals surface area contributed by atoms with Crippen molar-refractivity contribution in [1.29, 1.82) is 0 Å². The number of hydrogen-bond acceptors (Lipinski definition) is 3. The summed E-state index contributed by atoms with van der Waals surface area (Å²) in [6.45, 7) is 5.28. The largest absolute Gasteiger partial charge is 0.255 e. The van der Waals surface area contributed by atoms with Crippen molar-refractivity contribution >= 4 is 0 Å². The second kappa shape index (κ2) is 3.91. The van der Waals surface area contributed by atoms with Gasteiger partial charge in [0.15, 0.2) is 0 Å². The molecule has 0 aromatic carbocycles. The van der Waals surface area contributed by atoms with Gasteiger partial charge in [0.2, 0.25) is 0 Å². The minimum absolute atomic E-state index is 0.917. The lowest BCUT2D eigenvalue weighted by molar-refractivity contribution is -0.0365. The fourth-order valence-electron chi connectivity index (χ4n) is 1.33. The molecule has 1 heterocycles. The van der Waals surface area contributed by atoms with Gasteiger partial charge in [0, 0.05) is 19.6 Å². The summed E-state index contributed by atoms with van der Waals surface area (Å²) >= 11 is 0. The molecule has 0 unspecified atom stereocenters. The number of nitrogens with zero attached hydrogens (tertiary/aromatic N) is 2. The first-order chi connectivity index (χ1) is 4.84. The van der Waals surface area contributed by atoms with Crippen molar-refractivity contribution in [2.75, 3.05) is 19.6 Å².